The van der Waals surface area contributed by atoms with E-state index in [1.807, 2.05) is 90.6 Å². The summed E-state index contributed by atoms with van der Waals surface area (Å²) < 4.78 is 17.1. The molecule has 10 nitrogen and oxygen atoms in total. The van der Waals surface area contributed by atoms with E-state index in [9.17, 15) is 10.2 Å². The topological polar surface area (TPSA) is 135 Å². The molecule has 8 rings (SSSR count). The van der Waals surface area contributed by atoms with Gasteiger partial charge in [-0.2, -0.15) is 0 Å². The van der Waals surface area contributed by atoms with E-state index in [4.69, 9.17) is 19.5 Å². The van der Waals surface area contributed by atoms with Gasteiger partial charge in [-0.15, -0.1) is 0 Å². The van der Waals surface area contributed by atoms with Crippen LogP contribution in [0.2, 0.25) is 0 Å². The zero-order valence-electron chi connectivity index (χ0n) is 40.1. The molecule has 2 heterocycles. The van der Waals surface area contributed by atoms with Crippen molar-refractivity contribution in [1.82, 2.24) is 19.1 Å². The number of imidazole rings is 2. The molecule has 0 saturated heterocycles. The number of hydrogen-bond acceptors (Lipinski definition) is 8. The molecule has 12 heteroatoms. The third-order valence-corrected chi connectivity index (χ3v) is 11.5. The Morgan fingerprint density at radius 2 is 0.909 bits per heavy atom. The predicted octanol–water partition coefficient (Wildman–Crippen LogP) is 11.3. The van der Waals surface area contributed by atoms with Gasteiger partial charge in [0.2, 0.25) is 0 Å². The number of ether oxygens (including phenoxy) is 2. The Balaban J connectivity index is 0.000000179. The van der Waals surface area contributed by atoms with Gasteiger partial charge in [0.05, 0.1) is 33.3 Å². The summed E-state index contributed by atoms with van der Waals surface area (Å²) in [5, 5.41) is 37.5. The molecule has 0 atom stereocenters. The molecule has 66 heavy (non-hydrogen) atoms. The third-order valence-electron chi connectivity index (χ3n) is 10.6. The first-order chi connectivity index (χ1) is 30.8. The first-order valence-electron chi connectivity index (χ1n) is 22.0. The minimum absolute atomic E-state index is 0.189. The van der Waals surface area contributed by atoms with Crippen LogP contribution in [0.1, 0.15) is 91.5 Å². The molecule has 0 spiro atoms. The monoisotopic (exact) mass is 952 g/mol. The minimum Gasteiger partial charge on any atom is -0.488 e. The SMILES string of the molecule is CC(C)(O)c1ccc(B(O)O)cc1.Cc1cc2ncn(-c3ccc(OC(C)(C)C)cc3)c2cc1-c1ccc(C(C)(C)O)cc1.Cc1cc2ncn(-c3ccc(OC(C)(C)C)cc3)c2cc1Br. The lowest BCUT2D eigenvalue weighted by atomic mass is 9.79. The number of halogens is 1. The Hall–Kier alpha value is -5.76. The summed E-state index contributed by atoms with van der Waals surface area (Å²) in [6, 6.07) is 39.4. The van der Waals surface area contributed by atoms with Crippen molar-refractivity contribution in [3.8, 4) is 34.0 Å². The van der Waals surface area contributed by atoms with Gasteiger partial charge in [0.25, 0.3) is 0 Å². The van der Waals surface area contributed by atoms with E-state index in [0.717, 1.165) is 71.7 Å². The lowest BCUT2D eigenvalue weighted by molar-refractivity contribution is 0.0780. The number of rotatable bonds is 8. The van der Waals surface area contributed by atoms with Crippen LogP contribution in [0.25, 0.3) is 44.6 Å². The molecule has 0 unspecified atom stereocenters. The summed E-state index contributed by atoms with van der Waals surface area (Å²) >= 11 is 3.59. The molecular formula is C54H62BBrN4O6. The molecule has 0 aliphatic heterocycles. The second-order valence-corrected chi connectivity index (χ2v) is 20.4. The normalized spacial score (nSPS) is 12.0. The summed E-state index contributed by atoms with van der Waals surface area (Å²) in [7, 11) is -1.45. The Morgan fingerprint density at radius 1 is 0.515 bits per heavy atom. The number of aryl methyl sites for hydroxylation is 2. The average molecular weight is 954 g/mol. The Kier molecular flexibility index (Phi) is 14.8. The average Bonchev–Trinajstić information content (AvgIpc) is 3.83. The van der Waals surface area contributed by atoms with E-state index in [0.29, 0.717) is 5.46 Å². The molecule has 0 radical (unpaired) electrons. The van der Waals surface area contributed by atoms with E-state index >= 15 is 0 Å². The van der Waals surface area contributed by atoms with Crippen LogP contribution in [0.4, 0.5) is 0 Å². The molecule has 0 aliphatic carbocycles. The van der Waals surface area contributed by atoms with Gasteiger partial charge < -0.3 is 29.7 Å². The van der Waals surface area contributed by atoms with Gasteiger partial charge >= 0.3 is 7.12 Å². The fourth-order valence-corrected chi connectivity index (χ4v) is 7.53. The fourth-order valence-electron chi connectivity index (χ4n) is 7.19. The van der Waals surface area contributed by atoms with Gasteiger partial charge in [0.1, 0.15) is 35.4 Å². The van der Waals surface area contributed by atoms with Gasteiger partial charge in [-0.25, -0.2) is 9.97 Å². The number of hydrogen-bond donors (Lipinski definition) is 4. The zero-order valence-corrected chi connectivity index (χ0v) is 41.6. The molecule has 4 N–H and O–H groups in total. The van der Waals surface area contributed by atoms with Gasteiger partial charge in [-0.3, -0.25) is 9.13 Å². The number of aliphatic hydroxyl groups is 2. The maximum atomic E-state index is 10.2. The van der Waals surface area contributed by atoms with Crippen molar-refractivity contribution >= 4 is 50.6 Å². The van der Waals surface area contributed by atoms with E-state index in [-0.39, 0.29) is 11.2 Å². The van der Waals surface area contributed by atoms with E-state index in [2.05, 4.69) is 110 Å². The molecule has 8 aromatic rings. The van der Waals surface area contributed by atoms with Crippen LogP contribution in [-0.2, 0) is 11.2 Å². The van der Waals surface area contributed by atoms with Crippen LogP contribution in [0.15, 0.2) is 138 Å². The third kappa shape index (κ3) is 12.8. The lowest BCUT2D eigenvalue weighted by Crippen LogP contribution is -2.30. The molecule has 0 amide bonds. The molecule has 0 aliphatic rings. The summed E-state index contributed by atoms with van der Waals surface area (Å²) in [5.41, 5.74) is 10.8. The Labute approximate surface area is 397 Å². The molecular weight excluding hydrogens is 891 g/mol. The zero-order chi connectivity index (χ0) is 48.4. The number of nitrogens with zero attached hydrogens (tertiary/aromatic N) is 4. The van der Waals surface area contributed by atoms with Crippen molar-refractivity contribution < 1.29 is 29.7 Å². The van der Waals surface area contributed by atoms with Crippen LogP contribution in [0, 0.1) is 13.8 Å². The number of fused-ring (bicyclic) bond motifs is 2. The first kappa shape index (κ1) is 49.7. The van der Waals surface area contributed by atoms with Crippen LogP contribution in [-0.4, -0.2) is 57.7 Å². The Bertz CT molecular complexity index is 2880. The number of benzene rings is 6. The summed E-state index contributed by atoms with van der Waals surface area (Å²) in [6.07, 6.45) is 3.72. The fraction of sp³-hybridized carbons (Fsp3) is 0.296. The van der Waals surface area contributed by atoms with Gasteiger partial charge in [-0.05, 0) is 195 Å². The molecule has 344 valence electrons. The quantitative estimate of drug-likeness (QED) is 0.111. The summed E-state index contributed by atoms with van der Waals surface area (Å²) in [4.78, 5) is 9.11. The van der Waals surface area contributed by atoms with Crippen LogP contribution in [0.5, 0.6) is 11.5 Å². The highest BCUT2D eigenvalue weighted by atomic mass is 79.9. The van der Waals surface area contributed by atoms with Crippen molar-refractivity contribution in [2.75, 3.05) is 0 Å². The molecule has 0 bridgehead atoms. The van der Waals surface area contributed by atoms with Gasteiger partial charge in [0.15, 0.2) is 0 Å². The minimum atomic E-state index is -1.45. The van der Waals surface area contributed by atoms with E-state index in [1.165, 1.54) is 11.1 Å². The van der Waals surface area contributed by atoms with E-state index in [1.54, 1.807) is 52.0 Å². The van der Waals surface area contributed by atoms with Crippen molar-refractivity contribution in [2.24, 2.45) is 0 Å². The highest BCUT2D eigenvalue weighted by Gasteiger charge is 2.19. The second kappa shape index (κ2) is 19.6. The predicted molar refractivity (Wildman–Crippen MR) is 272 cm³/mol. The van der Waals surface area contributed by atoms with E-state index < -0.39 is 18.3 Å². The Morgan fingerprint density at radius 3 is 1.30 bits per heavy atom. The summed E-state index contributed by atoms with van der Waals surface area (Å²) in [5.74, 6) is 1.72. The second-order valence-electron chi connectivity index (χ2n) is 19.6. The van der Waals surface area contributed by atoms with Crippen LogP contribution >= 0.6 is 15.9 Å². The van der Waals surface area contributed by atoms with Crippen molar-refractivity contribution in [2.45, 2.75) is 105 Å². The van der Waals surface area contributed by atoms with Crippen molar-refractivity contribution in [3.05, 3.63) is 161 Å². The largest absolute Gasteiger partial charge is 0.488 e. The van der Waals surface area contributed by atoms with Crippen molar-refractivity contribution in [1.29, 1.82) is 0 Å². The van der Waals surface area contributed by atoms with Crippen LogP contribution < -0.4 is 14.9 Å². The van der Waals surface area contributed by atoms with Gasteiger partial charge in [-0.1, -0.05) is 64.5 Å². The molecule has 2 aromatic heterocycles. The smallest absolute Gasteiger partial charge is 0.488 e. The first-order valence-corrected chi connectivity index (χ1v) is 22.8. The summed E-state index contributed by atoms with van der Waals surface area (Å²) in [6.45, 7) is 23.4. The molecule has 0 fully saturated rings. The lowest BCUT2D eigenvalue weighted by Gasteiger charge is -2.21. The van der Waals surface area contributed by atoms with Crippen LogP contribution in [0.3, 0.4) is 0 Å². The molecule has 0 saturated carbocycles. The van der Waals surface area contributed by atoms with Crippen molar-refractivity contribution in [3.63, 3.8) is 0 Å². The highest BCUT2D eigenvalue weighted by molar-refractivity contribution is 9.10. The maximum Gasteiger partial charge on any atom is 0.488 e. The standard InChI is InChI=1S/C27H30N2O2.C18H19BrN2O.C9H13BO3/c1-18-15-24-25(16-23(18)19-7-9-20(10-8-19)27(5,6)30)29(17-28-24)21-11-13-22(14-12-21)31-26(2,3)4;1-12-9-16-17(10-15(12)19)21(11-20-16)13-5-7-14(8-6-13)22-18(2,3)4;1-9(2,11)7-3-5-8(6-4-7)10(12)13/h7-17,30H,1-6H3;5-11H,1-4H3;3-6,11-13H,1-2H3. The molecule has 6 aromatic carbocycles. The maximum absolute atomic E-state index is 10.2. The highest BCUT2D eigenvalue weighted by Crippen LogP contribution is 2.32. The number of aromatic nitrogens is 4. The van der Waals surface area contributed by atoms with Gasteiger partial charge in [0, 0.05) is 15.8 Å².